The summed E-state index contributed by atoms with van der Waals surface area (Å²) in [6.45, 7) is 1.72. The number of alkyl halides is 3. The number of hydrogen-bond donors (Lipinski definition) is 1. The highest BCUT2D eigenvalue weighted by Crippen LogP contribution is 2.37. The molecule has 118 valence electrons. The highest BCUT2D eigenvalue weighted by Gasteiger charge is 2.35. The van der Waals surface area contributed by atoms with Crippen LogP contribution in [0.4, 0.5) is 13.2 Å². The Bertz CT molecular complexity index is 451. The van der Waals surface area contributed by atoms with Crippen molar-refractivity contribution in [2.45, 2.75) is 51.0 Å². The first kappa shape index (κ1) is 16.3. The van der Waals surface area contributed by atoms with Crippen molar-refractivity contribution in [2.24, 2.45) is 5.92 Å². The van der Waals surface area contributed by atoms with Crippen LogP contribution in [0.2, 0.25) is 0 Å². The Balaban J connectivity index is 2.14. The number of aliphatic hydroxyl groups is 1. The van der Waals surface area contributed by atoms with E-state index in [-0.39, 0.29) is 11.7 Å². The standard InChI is InChI=1S/C16H21F3O2/c1-11-6-8-12(9-7-11)21-15(10-20)13-4-2-3-5-14(13)16(17,18)19/h2-5,11-12,15,20H,6-10H2,1H3. The Morgan fingerprint density at radius 2 is 1.81 bits per heavy atom. The first-order valence-electron chi connectivity index (χ1n) is 7.34. The first-order valence-corrected chi connectivity index (χ1v) is 7.34. The monoisotopic (exact) mass is 302 g/mol. The summed E-state index contributed by atoms with van der Waals surface area (Å²) in [4.78, 5) is 0. The van der Waals surface area contributed by atoms with Crippen molar-refractivity contribution in [3.05, 3.63) is 35.4 Å². The number of benzene rings is 1. The van der Waals surface area contributed by atoms with Crippen molar-refractivity contribution in [1.82, 2.24) is 0 Å². The van der Waals surface area contributed by atoms with E-state index in [0.717, 1.165) is 31.7 Å². The lowest BCUT2D eigenvalue weighted by Crippen LogP contribution is -2.25. The third kappa shape index (κ3) is 4.20. The topological polar surface area (TPSA) is 29.5 Å². The molecule has 0 saturated heterocycles. The van der Waals surface area contributed by atoms with E-state index in [9.17, 15) is 18.3 Å². The van der Waals surface area contributed by atoms with E-state index in [2.05, 4.69) is 6.92 Å². The van der Waals surface area contributed by atoms with Gasteiger partial charge in [-0.15, -0.1) is 0 Å². The maximum absolute atomic E-state index is 13.0. The van der Waals surface area contributed by atoms with Gasteiger partial charge in [-0.25, -0.2) is 0 Å². The Morgan fingerprint density at radius 1 is 1.19 bits per heavy atom. The van der Waals surface area contributed by atoms with Gasteiger partial charge in [-0.05, 0) is 43.2 Å². The molecule has 1 fully saturated rings. The summed E-state index contributed by atoms with van der Waals surface area (Å²) in [7, 11) is 0. The largest absolute Gasteiger partial charge is 0.416 e. The molecule has 1 atom stereocenters. The van der Waals surface area contributed by atoms with Crippen LogP contribution in [0.1, 0.15) is 49.8 Å². The number of ether oxygens (including phenoxy) is 1. The molecule has 0 aliphatic heterocycles. The highest BCUT2D eigenvalue weighted by atomic mass is 19.4. The fraction of sp³-hybridized carbons (Fsp3) is 0.625. The molecular formula is C16H21F3O2. The van der Waals surface area contributed by atoms with Crippen LogP contribution in [-0.2, 0) is 10.9 Å². The van der Waals surface area contributed by atoms with Gasteiger partial charge in [-0.2, -0.15) is 13.2 Å². The molecule has 1 saturated carbocycles. The second kappa shape index (κ2) is 6.79. The normalized spacial score (nSPS) is 24.8. The summed E-state index contributed by atoms with van der Waals surface area (Å²) in [5.41, 5.74) is -0.709. The maximum atomic E-state index is 13.0. The van der Waals surface area contributed by atoms with Gasteiger partial charge in [0.1, 0.15) is 6.10 Å². The molecule has 1 N–H and O–H groups in total. The van der Waals surface area contributed by atoms with Gasteiger partial charge in [0.25, 0.3) is 0 Å². The van der Waals surface area contributed by atoms with Crippen molar-refractivity contribution >= 4 is 0 Å². The third-order valence-electron chi connectivity index (χ3n) is 4.10. The molecule has 0 amide bonds. The van der Waals surface area contributed by atoms with Crippen molar-refractivity contribution in [2.75, 3.05) is 6.61 Å². The summed E-state index contributed by atoms with van der Waals surface area (Å²) < 4.78 is 44.9. The van der Waals surface area contributed by atoms with Gasteiger partial charge < -0.3 is 9.84 Å². The zero-order chi connectivity index (χ0) is 15.5. The average molecular weight is 302 g/mol. The van der Waals surface area contributed by atoms with Crippen LogP contribution in [0.3, 0.4) is 0 Å². The minimum absolute atomic E-state index is 0.0196. The molecule has 0 radical (unpaired) electrons. The van der Waals surface area contributed by atoms with Crippen molar-refractivity contribution in [1.29, 1.82) is 0 Å². The van der Waals surface area contributed by atoms with Gasteiger partial charge >= 0.3 is 6.18 Å². The molecule has 21 heavy (non-hydrogen) atoms. The van der Waals surface area contributed by atoms with E-state index in [1.54, 1.807) is 6.07 Å². The third-order valence-corrected chi connectivity index (χ3v) is 4.10. The molecule has 0 heterocycles. The number of halogens is 3. The lowest BCUT2D eigenvalue weighted by Gasteiger charge is -2.30. The summed E-state index contributed by atoms with van der Waals surface area (Å²) in [5, 5.41) is 9.46. The SMILES string of the molecule is CC1CCC(OC(CO)c2ccccc2C(F)(F)F)CC1. The summed E-state index contributed by atoms with van der Waals surface area (Å²) in [6.07, 6.45) is -1.71. The van der Waals surface area contributed by atoms with Crippen LogP contribution in [0.15, 0.2) is 24.3 Å². The van der Waals surface area contributed by atoms with E-state index in [1.165, 1.54) is 12.1 Å². The Labute approximate surface area is 122 Å². The van der Waals surface area contributed by atoms with Crippen LogP contribution < -0.4 is 0 Å². The quantitative estimate of drug-likeness (QED) is 0.897. The molecule has 0 aromatic heterocycles. The molecule has 2 rings (SSSR count). The predicted octanol–water partition coefficient (Wildman–Crippen LogP) is 4.33. The van der Waals surface area contributed by atoms with Gasteiger partial charge in [0.05, 0.1) is 18.3 Å². The van der Waals surface area contributed by atoms with Crippen molar-refractivity contribution in [3.63, 3.8) is 0 Å². The lowest BCUT2D eigenvalue weighted by atomic mass is 9.88. The molecule has 1 aliphatic rings. The van der Waals surface area contributed by atoms with E-state index >= 15 is 0 Å². The lowest BCUT2D eigenvalue weighted by molar-refractivity contribution is -0.141. The van der Waals surface area contributed by atoms with E-state index in [1.807, 2.05) is 0 Å². The predicted molar refractivity (Wildman–Crippen MR) is 73.8 cm³/mol. The summed E-state index contributed by atoms with van der Waals surface area (Å²) in [5.74, 6) is 0.639. The first-order chi connectivity index (χ1) is 9.91. The van der Waals surface area contributed by atoms with Gasteiger partial charge in [-0.3, -0.25) is 0 Å². The van der Waals surface area contributed by atoms with Crippen LogP contribution >= 0.6 is 0 Å². The molecule has 5 heteroatoms. The number of rotatable bonds is 4. The second-order valence-electron chi connectivity index (χ2n) is 5.77. The van der Waals surface area contributed by atoms with Crippen molar-refractivity contribution < 1.29 is 23.0 Å². The molecule has 1 unspecified atom stereocenters. The minimum atomic E-state index is -4.44. The molecule has 2 nitrogen and oxygen atoms in total. The van der Waals surface area contributed by atoms with Crippen LogP contribution in [0.5, 0.6) is 0 Å². The van der Waals surface area contributed by atoms with Crippen molar-refractivity contribution in [3.8, 4) is 0 Å². The minimum Gasteiger partial charge on any atom is -0.393 e. The summed E-state index contributed by atoms with van der Waals surface area (Å²) >= 11 is 0. The fourth-order valence-electron chi connectivity index (χ4n) is 2.85. The number of hydrogen-bond acceptors (Lipinski definition) is 2. The Morgan fingerprint density at radius 3 is 2.38 bits per heavy atom. The average Bonchev–Trinajstić information content (AvgIpc) is 2.46. The molecule has 1 aromatic rings. The summed E-state index contributed by atoms with van der Waals surface area (Å²) in [6, 6.07) is 5.31. The maximum Gasteiger partial charge on any atom is 0.416 e. The van der Waals surface area contributed by atoms with Gasteiger partial charge in [0.2, 0.25) is 0 Å². The van der Waals surface area contributed by atoms with Crippen LogP contribution in [0.25, 0.3) is 0 Å². The van der Waals surface area contributed by atoms with E-state index in [0.29, 0.717) is 5.92 Å². The Hall–Kier alpha value is -1.07. The molecule has 1 aliphatic carbocycles. The second-order valence-corrected chi connectivity index (χ2v) is 5.77. The molecular weight excluding hydrogens is 281 g/mol. The van der Waals surface area contributed by atoms with Gasteiger partial charge in [0.15, 0.2) is 0 Å². The Kier molecular flexibility index (Phi) is 5.27. The van der Waals surface area contributed by atoms with Gasteiger partial charge in [0, 0.05) is 0 Å². The smallest absolute Gasteiger partial charge is 0.393 e. The zero-order valence-corrected chi connectivity index (χ0v) is 12.1. The fourth-order valence-corrected chi connectivity index (χ4v) is 2.85. The zero-order valence-electron chi connectivity index (χ0n) is 12.1. The highest BCUT2D eigenvalue weighted by molar-refractivity contribution is 5.31. The van der Waals surface area contributed by atoms with E-state index in [4.69, 9.17) is 4.74 Å². The molecule has 0 bridgehead atoms. The van der Waals surface area contributed by atoms with Crippen LogP contribution in [0, 0.1) is 5.92 Å². The number of aliphatic hydroxyl groups excluding tert-OH is 1. The molecule has 0 spiro atoms. The molecule has 1 aromatic carbocycles. The van der Waals surface area contributed by atoms with Crippen LogP contribution in [-0.4, -0.2) is 17.8 Å². The van der Waals surface area contributed by atoms with Gasteiger partial charge in [-0.1, -0.05) is 25.1 Å². The van der Waals surface area contributed by atoms with E-state index < -0.39 is 24.5 Å².